The summed E-state index contributed by atoms with van der Waals surface area (Å²) in [5.74, 6) is -0.286. The van der Waals surface area contributed by atoms with Crippen molar-refractivity contribution < 1.29 is 9.50 Å². The Morgan fingerprint density at radius 3 is 2.42 bits per heavy atom. The lowest BCUT2D eigenvalue weighted by molar-refractivity contribution is 0.228. The first-order valence-corrected chi connectivity index (χ1v) is 3.80. The first-order chi connectivity index (χ1) is 5.74. The topological polar surface area (TPSA) is 20.2 Å². The van der Waals surface area contributed by atoms with Gasteiger partial charge < -0.3 is 5.11 Å². The van der Waals surface area contributed by atoms with Gasteiger partial charge in [0.05, 0.1) is 6.10 Å². The highest BCUT2D eigenvalue weighted by Gasteiger charge is 2.01. The van der Waals surface area contributed by atoms with E-state index in [0.29, 0.717) is 5.56 Å². The number of benzene rings is 1. The predicted octanol–water partition coefficient (Wildman–Crippen LogP) is 2.44. The Hall–Kier alpha value is -1.15. The molecule has 1 N–H and O–H groups in total. The van der Waals surface area contributed by atoms with Crippen molar-refractivity contribution in [1.29, 1.82) is 0 Å². The van der Waals surface area contributed by atoms with Crippen molar-refractivity contribution in [3.63, 3.8) is 0 Å². The van der Waals surface area contributed by atoms with E-state index in [0.717, 1.165) is 0 Å². The molecule has 0 aliphatic rings. The molecule has 12 heavy (non-hydrogen) atoms. The average Bonchev–Trinajstić information content (AvgIpc) is 2.06. The van der Waals surface area contributed by atoms with Gasteiger partial charge in [-0.1, -0.05) is 24.3 Å². The lowest BCUT2D eigenvalue weighted by atomic mass is 10.1. The summed E-state index contributed by atoms with van der Waals surface area (Å²) < 4.78 is 12.4. The number of rotatable bonds is 2. The smallest absolute Gasteiger partial charge is 0.123 e. The fourth-order valence-corrected chi connectivity index (χ4v) is 0.953. The van der Waals surface area contributed by atoms with Gasteiger partial charge in [0, 0.05) is 0 Å². The Balaban J connectivity index is 2.82. The van der Waals surface area contributed by atoms with E-state index in [1.54, 1.807) is 24.3 Å². The van der Waals surface area contributed by atoms with Crippen LogP contribution in [-0.2, 0) is 0 Å². The van der Waals surface area contributed by atoms with Gasteiger partial charge in [0.2, 0.25) is 0 Å². The zero-order chi connectivity index (χ0) is 8.97. The zero-order valence-corrected chi connectivity index (χ0v) is 6.87. The molecule has 0 saturated heterocycles. The third kappa shape index (κ3) is 2.17. The number of allylic oxidation sites excluding steroid dienone is 1. The molecule has 1 aromatic rings. The molecule has 0 unspecified atom stereocenters. The van der Waals surface area contributed by atoms with Crippen LogP contribution in [0.4, 0.5) is 4.39 Å². The third-order valence-electron chi connectivity index (χ3n) is 1.59. The van der Waals surface area contributed by atoms with Crippen molar-refractivity contribution in [3.8, 4) is 0 Å². The molecule has 0 radical (unpaired) electrons. The van der Waals surface area contributed by atoms with Crippen molar-refractivity contribution in [2.24, 2.45) is 0 Å². The SMILES string of the molecule is C/C=C/[C@@H](O)c1ccc(F)cc1. The van der Waals surface area contributed by atoms with Gasteiger partial charge in [0.1, 0.15) is 5.82 Å². The second kappa shape index (κ2) is 4.02. The second-order valence-corrected chi connectivity index (χ2v) is 2.52. The van der Waals surface area contributed by atoms with E-state index in [1.807, 2.05) is 6.92 Å². The van der Waals surface area contributed by atoms with Crippen molar-refractivity contribution in [1.82, 2.24) is 0 Å². The second-order valence-electron chi connectivity index (χ2n) is 2.52. The van der Waals surface area contributed by atoms with Crippen LogP contribution in [0.1, 0.15) is 18.6 Å². The molecule has 0 aliphatic heterocycles. The Labute approximate surface area is 71.2 Å². The van der Waals surface area contributed by atoms with Crippen LogP contribution in [0, 0.1) is 5.82 Å². The molecule has 0 heterocycles. The first kappa shape index (κ1) is 8.94. The average molecular weight is 166 g/mol. The summed E-state index contributed by atoms with van der Waals surface area (Å²) in [7, 11) is 0. The number of hydrogen-bond donors (Lipinski definition) is 1. The summed E-state index contributed by atoms with van der Waals surface area (Å²) >= 11 is 0. The number of aliphatic hydroxyl groups is 1. The molecule has 0 bridgehead atoms. The van der Waals surface area contributed by atoms with E-state index in [-0.39, 0.29) is 5.82 Å². The maximum atomic E-state index is 12.4. The minimum Gasteiger partial charge on any atom is -0.384 e. The molecule has 0 aliphatic carbocycles. The fraction of sp³-hybridized carbons (Fsp3) is 0.200. The maximum absolute atomic E-state index is 12.4. The van der Waals surface area contributed by atoms with Crippen LogP contribution in [0.3, 0.4) is 0 Å². The molecule has 0 amide bonds. The van der Waals surface area contributed by atoms with Crippen molar-refractivity contribution in [3.05, 3.63) is 47.8 Å². The van der Waals surface area contributed by atoms with Gasteiger partial charge in [0.15, 0.2) is 0 Å². The van der Waals surface area contributed by atoms with E-state index in [2.05, 4.69) is 0 Å². The quantitative estimate of drug-likeness (QED) is 0.669. The Morgan fingerprint density at radius 2 is 1.92 bits per heavy atom. The highest BCUT2D eigenvalue weighted by molar-refractivity contribution is 5.21. The standard InChI is InChI=1S/C10H11FO/c1-2-3-10(12)8-4-6-9(11)7-5-8/h2-7,10,12H,1H3/b3-2+/t10-/m1/s1. The summed E-state index contributed by atoms with van der Waals surface area (Å²) in [6.45, 7) is 1.83. The number of hydrogen-bond acceptors (Lipinski definition) is 1. The van der Waals surface area contributed by atoms with Crippen LogP contribution >= 0.6 is 0 Å². The maximum Gasteiger partial charge on any atom is 0.123 e. The number of halogens is 1. The van der Waals surface area contributed by atoms with E-state index in [9.17, 15) is 9.50 Å². The molecule has 1 nitrogen and oxygen atoms in total. The minimum atomic E-state index is -0.629. The van der Waals surface area contributed by atoms with Crippen LogP contribution in [0.15, 0.2) is 36.4 Å². The van der Waals surface area contributed by atoms with Crippen LogP contribution in [0.25, 0.3) is 0 Å². The third-order valence-corrected chi connectivity index (χ3v) is 1.59. The minimum absolute atomic E-state index is 0.286. The monoisotopic (exact) mass is 166 g/mol. The molecule has 0 fully saturated rings. The summed E-state index contributed by atoms with van der Waals surface area (Å²) in [6, 6.07) is 5.81. The molecular formula is C10H11FO. The van der Waals surface area contributed by atoms with E-state index >= 15 is 0 Å². The highest BCUT2D eigenvalue weighted by Crippen LogP contribution is 2.13. The van der Waals surface area contributed by atoms with Crippen molar-refractivity contribution in [2.75, 3.05) is 0 Å². The van der Waals surface area contributed by atoms with E-state index in [1.165, 1.54) is 12.1 Å². The molecule has 1 atom stereocenters. The number of aliphatic hydroxyl groups excluding tert-OH is 1. The van der Waals surface area contributed by atoms with Gasteiger partial charge in [-0.15, -0.1) is 0 Å². The van der Waals surface area contributed by atoms with Crippen LogP contribution in [-0.4, -0.2) is 5.11 Å². The Bertz CT molecular complexity index is 264. The van der Waals surface area contributed by atoms with Gasteiger partial charge >= 0.3 is 0 Å². The van der Waals surface area contributed by atoms with Crippen LogP contribution < -0.4 is 0 Å². The lowest BCUT2D eigenvalue weighted by Gasteiger charge is -2.04. The summed E-state index contributed by atoms with van der Waals surface area (Å²) in [5, 5.41) is 9.40. The summed E-state index contributed by atoms with van der Waals surface area (Å²) in [4.78, 5) is 0. The molecule has 0 spiro atoms. The molecule has 0 saturated carbocycles. The molecule has 1 aromatic carbocycles. The van der Waals surface area contributed by atoms with E-state index in [4.69, 9.17) is 0 Å². The van der Waals surface area contributed by atoms with Gasteiger partial charge in [-0.3, -0.25) is 0 Å². The van der Waals surface area contributed by atoms with Crippen molar-refractivity contribution in [2.45, 2.75) is 13.0 Å². The lowest BCUT2D eigenvalue weighted by Crippen LogP contribution is -1.92. The van der Waals surface area contributed by atoms with Crippen LogP contribution in [0.5, 0.6) is 0 Å². The zero-order valence-electron chi connectivity index (χ0n) is 6.87. The molecular weight excluding hydrogens is 155 g/mol. The molecule has 0 aromatic heterocycles. The van der Waals surface area contributed by atoms with Gasteiger partial charge in [-0.05, 0) is 24.6 Å². The van der Waals surface area contributed by atoms with Gasteiger partial charge in [0.25, 0.3) is 0 Å². The molecule has 2 heteroatoms. The fourth-order valence-electron chi connectivity index (χ4n) is 0.953. The largest absolute Gasteiger partial charge is 0.384 e. The first-order valence-electron chi connectivity index (χ1n) is 3.80. The summed E-state index contributed by atoms with van der Waals surface area (Å²) in [6.07, 6.45) is 2.77. The van der Waals surface area contributed by atoms with Gasteiger partial charge in [-0.25, -0.2) is 4.39 Å². The van der Waals surface area contributed by atoms with Gasteiger partial charge in [-0.2, -0.15) is 0 Å². The Morgan fingerprint density at radius 1 is 1.33 bits per heavy atom. The highest BCUT2D eigenvalue weighted by atomic mass is 19.1. The Kier molecular flexibility index (Phi) is 3.00. The molecule has 64 valence electrons. The van der Waals surface area contributed by atoms with Crippen LogP contribution in [0.2, 0.25) is 0 Å². The predicted molar refractivity (Wildman–Crippen MR) is 46.2 cm³/mol. The van der Waals surface area contributed by atoms with Crippen molar-refractivity contribution >= 4 is 0 Å². The normalized spacial score (nSPS) is 13.6. The van der Waals surface area contributed by atoms with E-state index < -0.39 is 6.10 Å². The molecule has 1 rings (SSSR count). The summed E-state index contributed by atoms with van der Waals surface area (Å²) in [5.41, 5.74) is 0.703.